The molecule has 1 atom stereocenters. The number of rotatable bonds is 19. The van der Waals surface area contributed by atoms with Crippen LogP contribution in [0.25, 0.3) is 0 Å². The van der Waals surface area contributed by atoms with Gasteiger partial charge in [-0.3, -0.25) is 0 Å². The van der Waals surface area contributed by atoms with E-state index in [1.54, 1.807) is 0 Å². The first-order chi connectivity index (χ1) is 12.1. The van der Waals surface area contributed by atoms with Gasteiger partial charge in [0.15, 0.2) is 0 Å². The molecule has 4 nitrogen and oxygen atoms in total. The third-order valence-electron chi connectivity index (χ3n) is 5.32. The highest BCUT2D eigenvalue weighted by molar-refractivity contribution is 4.57. The van der Waals surface area contributed by atoms with Crippen LogP contribution in [-0.4, -0.2) is 65.8 Å². The lowest BCUT2D eigenvalue weighted by molar-refractivity contribution is -0.913. The van der Waals surface area contributed by atoms with Gasteiger partial charge in [0.05, 0.1) is 20.3 Å². The minimum absolute atomic E-state index is 0.0990. The summed E-state index contributed by atoms with van der Waals surface area (Å²) in [5.41, 5.74) is 0. The zero-order valence-corrected chi connectivity index (χ0v) is 17.1. The number of quaternary nitrogens is 1. The highest BCUT2D eigenvalue weighted by Crippen LogP contribution is 2.14. The van der Waals surface area contributed by atoms with Crippen molar-refractivity contribution in [1.29, 1.82) is 0 Å². The van der Waals surface area contributed by atoms with Crippen LogP contribution < -0.4 is 0 Å². The molecule has 0 unspecified atom stereocenters. The molecular weight excluding hydrogens is 314 g/mol. The number of aliphatic hydroxyl groups is 3. The van der Waals surface area contributed by atoms with Crippen LogP contribution in [-0.2, 0) is 0 Å². The number of likely N-dealkylation sites (N-methyl/N-ethyl adjacent to an activating group) is 1. The predicted octanol–water partition coefficient (Wildman–Crippen LogP) is 3.87. The smallest absolute Gasteiger partial charge is 0.105 e. The van der Waals surface area contributed by atoms with E-state index in [1.807, 2.05) is 7.05 Å². The summed E-state index contributed by atoms with van der Waals surface area (Å²) in [5.74, 6) is 0. The zero-order valence-electron chi connectivity index (χ0n) is 17.1. The van der Waals surface area contributed by atoms with Gasteiger partial charge < -0.3 is 19.8 Å². The van der Waals surface area contributed by atoms with Crippen LogP contribution in [0.15, 0.2) is 0 Å². The Kier molecular flexibility index (Phi) is 17.2. The second kappa shape index (κ2) is 17.3. The molecule has 4 heteroatoms. The van der Waals surface area contributed by atoms with E-state index in [-0.39, 0.29) is 19.3 Å². The number of aliphatic hydroxyl groups excluding tert-OH is 3. The van der Waals surface area contributed by atoms with Crippen LogP contribution in [0.5, 0.6) is 0 Å². The van der Waals surface area contributed by atoms with Gasteiger partial charge >= 0.3 is 0 Å². The molecule has 0 radical (unpaired) electrons. The quantitative estimate of drug-likeness (QED) is 0.242. The van der Waals surface area contributed by atoms with E-state index in [1.165, 1.54) is 70.6 Å². The van der Waals surface area contributed by atoms with E-state index in [9.17, 15) is 5.11 Å². The summed E-state index contributed by atoms with van der Waals surface area (Å²) in [4.78, 5) is 0. The summed E-state index contributed by atoms with van der Waals surface area (Å²) in [5, 5.41) is 28.5. The van der Waals surface area contributed by atoms with Crippen molar-refractivity contribution in [2.75, 3.05) is 39.9 Å². The van der Waals surface area contributed by atoms with Gasteiger partial charge in [0.1, 0.15) is 25.7 Å². The third-order valence-corrected chi connectivity index (χ3v) is 5.32. The first kappa shape index (κ1) is 24.8. The van der Waals surface area contributed by atoms with E-state index < -0.39 is 0 Å². The average molecular weight is 361 g/mol. The lowest BCUT2D eigenvalue weighted by atomic mass is 10.0. The zero-order chi connectivity index (χ0) is 18.8. The third kappa shape index (κ3) is 15.8. The second-order valence-electron chi connectivity index (χ2n) is 8.03. The Morgan fingerprint density at radius 1 is 0.680 bits per heavy atom. The largest absolute Gasteiger partial charge is 0.391 e. The van der Waals surface area contributed by atoms with Gasteiger partial charge in [0, 0.05) is 0 Å². The molecule has 3 N–H and O–H groups in total. The normalized spacial score (nSPS) is 13.3. The average Bonchev–Trinajstić information content (AvgIpc) is 2.56. The molecule has 0 aliphatic rings. The lowest BCUT2D eigenvalue weighted by Crippen LogP contribution is -2.52. The highest BCUT2D eigenvalue weighted by Gasteiger charge is 2.24. The Balaban J connectivity index is 3.49. The van der Waals surface area contributed by atoms with Gasteiger partial charge in [-0.25, -0.2) is 0 Å². The molecule has 25 heavy (non-hydrogen) atoms. The second-order valence-corrected chi connectivity index (χ2v) is 8.03. The monoisotopic (exact) mass is 360 g/mol. The van der Waals surface area contributed by atoms with E-state index in [2.05, 4.69) is 6.92 Å². The summed E-state index contributed by atoms with van der Waals surface area (Å²) in [7, 11) is 2.00. The van der Waals surface area contributed by atoms with Gasteiger partial charge in [-0.1, -0.05) is 84.0 Å². The van der Waals surface area contributed by atoms with Gasteiger partial charge in [-0.15, -0.1) is 0 Å². The SMILES string of the molecule is CCCCCCCCCCCCCC[C@@H](O)C[N+](C)(CCO)CCO. The number of nitrogens with zero attached hydrogens (tertiary/aromatic N) is 1. The molecule has 0 aliphatic carbocycles. The van der Waals surface area contributed by atoms with Crippen LogP contribution in [0.2, 0.25) is 0 Å². The van der Waals surface area contributed by atoms with Crippen molar-refractivity contribution >= 4 is 0 Å². The maximum atomic E-state index is 10.2. The van der Waals surface area contributed by atoms with E-state index in [4.69, 9.17) is 10.2 Å². The Morgan fingerprint density at radius 2 is 1.08 bits per heavy atom. The van der Waals surface area contributed by atoms with Crippen LogP contribution in [0.4, 0.5) is 0 Å². The van der Waals surface area contributed by atoms with Crippen LogP contribution in [0.1, 0.15) is 90.4 Å². The van der Waals surface area contributed by atoms with Gasteiger partial charge in [-0.05, 0) is 6.42 Å². The summed E-state index contributed by atoms with van der Waals surface area (Å²) in [6, 6.07) is 0. The molecule has 0 rings (SSSR count). The summed E-state index contributed by atoms with van der Waals surface area (Å²) < 4.78 is 0.548. The summed E-state index contributed by atoms with van der Waals surface area (Å²) in [6.45, 7) is 4.27. The molecule has 0 amide bonds. The lowest BCUT2D eigenvalue weighted by Gasteiger charge is -2.35. The first-order valence-corrected chi connectivity index (χ1v) is 10.8. The van der Waals surface area contributed by atoms with Crippen LogP contribution in [0, 0.1) is 0 Å². The van der Waals surface area contributed by atoms with Crippen molar-refractivity contribution in [2.45, 2.75) is 96.5 Å². The molecule has 0 aromatic carbocycles. The topological polar surface area (TPSA) is 60.7 Å². The van der Waals surface area contributed by atoms with Crippen molar-refractivity contribution in [3.8, 4) is 0 Å². The maximum Gasteiger partial charge on any atom is 0.105 e. The van der Waals surface area contributed by atoms with Crippen molar-refractivity contribution in [3.05, 3.63) is 0 Å². The Labute approximate surface area is 156 Å². The van der Waals surface area contributed by atoms with Gasteiger partial charge in [0.25, 0.3) is 0 Å². The molecule has 0 aromatic rings. The van der Waals surface area contributed by atoms with Crippen LogP contribution >= 0.6 is 0 Å². The van der Waals surface area contributed by atoms with E-state index >= 15 is 0 Å². The van der Waals surface area contributed by atoms with Crippen molar-refractivity contribution < 1.29 is 19.8 Å². The Hall–Kier alpha value is -0.160. The molecule has 0 fully saturated rings. The van der Waals surface area contributed by atoms with Crippen molar-refractivity contribution in [3.63, 3.8) is 0 Å². The fourth-order valence-electron chi connectivity index (χ4n) is 3.60. The number of unbranched alkanes of at least 4 members (excludes halogenated alkanes) is 11. The van der Waals surface area contributed by atoms with E-state index in [0.29, 0.717) is 24.1 Å². The van der Waals surface area contributed by atoms with Crippen LogP contribution in [0.3, 0.4) is 0 Å². The molecule has 0 saturated heterocycles. The molecule has 0 aromatic heterocycles. The molecule has 0 heterocycles. The number of hydrogen-bond donors (Lipinski definition) is 3. The maximum absolute atomic E-state index is 10.2. The fraction of sp³-hybridized carbons (Fsp3) is 1.00. The molecule has 0 spiro atoms. The molecule has 0 saturated carbocycles. The Bertz CT molecular complexity index is 268. The minimum Gasteiger partial charge on any atom is -0.391 e. The van der Waals surface area contributed by atoms with Gasteiger partial charge in [0.2, 0.25) is 0 Å². The first-order valence-electron chi connectivity index (χ1n) is 10.8. The van der Waals surface area contributed by atoms with Crippen molar-refractivity contribution in [1.82, 2.24) is 0 Å². The predicted molar refractivity (Wildman–Crippen MR) is 107 cm³/mol. The minimum atomic E-state index is -0.328. The molecule has 0 bridgehead atoms. The number of hydrogen-bond acceptors (Lipinski definition) is 3. The molecular formula is C21H46NO3+. The highest BCUT2D eigenvalue weighted by atomic mass is 16.3. The van der Waals surface area contributed by atoms with Crippen molar-refractivity contribution in [2.24, 2.45) is 0 Å². The molecule has 152 valence electrons. The fourth-order valence-corrected chi connectivity index (χ4v) is 3.60. The standard InChI is InChI=1S/C21H46NO3/c1-3-4-5-6-7-8-9-10-11-12-13-14-15-21(25)20-22(2,16-18-23)17-19-24/h21,23-25H,3-20H2,1-2H3/q+1/t21-/m1/s1. The summed E-state index contributed by atoms with van der Waals surface area (Å²) in [6.07, 6.45) is 16.5. The Morgan fingerprint density at radius 3 is 1.48 bits per heavy atom. The summed E-state index contributed by atoms with van der Waals surface area (Å²) >= 11 is 0. The van der Waals surface area contributed by atoms with E-state index in [0.717, 1.165) is 12.8 Å². The molecule has 0 aliphatic heterocycles. The van der Waals surface area contributed by atoms with Gasteiger partial charge in [-0.2, -0.15) is 0 Å².